The smallest absolute Gasteiger partial charge is 0.390 e. The Morgan fingerprint density at radius 1 is 1.35 bits per heavy atom. The summed E-state index contributed by atoms with van der Waals surface area (Å²) in [6.45, 7) is -0.349. The standard InChI is InChI=1S/C11H12F3N5O/c1-20-9-6-7(2-3-8(9)15)10-16-17-18-19(10)5-4-11(12,13)14/h2-3,6H,4-5,15H2,1H3. The van der Waals surface area contributed by atoms with Crippen molar-refractivity contribution in [3.05, 3.63) is 18.2 Å². The molecule has 2 aromatic rings. The van der Waals surface area contributed by atoms with Gasteiger partial charge in [-0.2, -0.15) is 13.2 Å². The molecule has 0 aliphatic heterocycles. The van der Waals surface area contributed by atoms with E-state index in [1.807, 2.05) is 0 Å². The minimum atomic E-state index is -4.26. The molecule has 0 atom stereocenters. The number of ether oxygens (including phenoxy) is 1. The number of rotatable bonds is 4. The van der Waals surface area contributed by atoms with Crippen molar-refractivity contribution in [2.75, 3.05) is 12.8 Å². The average Bonchev–Trinajstić information content (AvgIpc) is 2.84. The van der Waals surface area contributed by atoms with Gasteiger partial charge in [0.15, 0.2) is 5.82 Å². The van der Waals surface area contributed by atoms with Gasteiger partial charge in [-0.25, -0.2) is 4.68 Å². The second-order valence-corrected chi connectivity index (χ2v) is 4.05. The fraction of sp³-hybridized carbons (Fsp3) is 0.364. The van der Waals surface area contributed by atoms with Gasteiger partial charge < -0.3 is 10.5 Å². The first-order valence-electron chi connectivity index (χ1n) is 5.67. The molecule has 0 bridgehead atoms. The molecule has 0 saturated heterocycles. The summed E-state index contributed by atoms with van der Waals surface area (Å²) in [4.78, 5) is 0. The van der Waals surface area contributed by atoms with Gasteiger partial charge >= 0.3 is 6.18 Å². The van der Waals surface area contributed by atoms with Crippen LogP contribution in [0.1, 0.15) is 6.42 Å². The molecule has 20 heavy (non-hydrogen) atoms. The van der Waals surface area contributed by atoms with E-state index < -0.39 is 12.6 Å². The maximum Gasteiger partial charge on any atom is 0.390 e. The average molecular weight is 287 g/mol. The fourth-order valence-corrected chi connectivity index (χ4v) is 1.64. The summed E-state index contributed by atoms with van der Waals surface area (Å²) in [6.07, 6.45) is -5.26. The number of nitrogens with zero attached hydrogens (tertiary/aromatic N) is 4. The highest BCUT2D eigenvalue weighted by atomic mass is 19.4. The molecule has 0 fully saturated rings. The summed E-state index contributed by atoms with van der Waals surface area (Å²) in [6, 6.07) is 4.77. The van der Waals surface area contributed by atoms with Crippen LogP contribution in [-0.2, 0) is 6.54 Å². The Morgan fingerprint density at radius 2 is 2.10 bits per heavy atom. The lowest BCUT2D eigenvalue weighted by Gasteiger charge is -2.09. The fourth-order valence-electron chi connectivity index (χ4n) is 1.64. The third-order valence-electron chi connectivity index (χ3n) is 2.63. The largest absolute Gasteiger partial charge is 0.495 e. The summed E-state index contributed by atoms with van der Waals surface area (Å²) >= 11 is 0. The van der Waals surface area contributed by atoms with E-state index in [0.29, 0.717) is 17.0 Å². The molecule has 1 aromatic carbocycles. The number of nitrogens with two attached hydrogens (primary N) is 1. The van der Waals surface area contributed by atoms with E-state index in [2.05, 4.69) is 15.5 Å². The first-order chi connectivity index (χ1) is 9.40. The van der Waals surface area contributed by atoms with Gasteiger partial charge in [0.2, 0.25) is 0 Å². The van der Waals surface area contributed by atoms with Crippen LogP contribution in [0.4, 0.5) is 18.9 Å². The van der Waals surface area contributed by atoms with Crippen LogP contribution >= 0.6 is 0 Å². The number of hydrogen-bond donors (Lipinski definition) is 1. The lowest BCUT2D eigenvalue weighted by Crippen LogP contribution is -2.14. The predicted molar refractivity (Wildman–Crippen MR) is 64.9 cm³/mol. The van der Waals surface area contributed by atoms with Crippen LogP contribution in [0.25, 0.3) is 11.4 Å². The molecule has 0 amide bonds. The molecule has 2 rings (SSSR count). The Hall–Kier alpha value is -2.32. The molecule has 9 heteroatoms. The molecule has 0 aliphatic carbocycles. The van der Waals surface area contributed by atoms with Gasteiger partial charge in [-0.3, -0.25) is 0 Å². The number of alkyl halides is 3. The summed E-state index contributed by atoms with van der Waals surface area (Å²) < 4.78 is 42.9. The quantitative estimate of drug-likeness (QED) is 0.869. The SMILES string of the molecule is COc1cc(-c2nnnn2CCC(F)(F)F)ccc1N. The minimum absolute atomic E-state index is 0.229. The number of tetrazole rings is 1. The van der Waals surface area contributed by atoms with Gasteiger partial charge in [0.25, 0.3) is 0 Å². The van der Waals surface area contributed by atoms with Crippen LogP contribution in [0.5, 0.6) is 5.75 Å². The maximum atomic E-state index is 12.2. The van der Waals surface area contributed by atoms with Crippen molar-refractivity contribution in [2.45, 2.75) is 19.1 Å². The van der Waals surface area contributed by atoms with Gasteiger partial charge in [-0.05, 0) is 28.6 Å². The van der Waals surface area contributed by atoms with Crippen molar-refractivity contribution in [1.82, 2.24) is 20.2 Å². The monoisotopic (exact) mass is 287 g/mol. The Labute approximate surface area is 112 Å². The number of aryl methyl sites for hydroxylation is 1. The van der Waals surface area contributed by atoms with Crippen molar-refractivity contribution in [2.24, 2.45) is 0 Å². The zero-order chi connectivity index (χ0) is 14.8. The van der Waals surface area contributed by atoms with Gasteiger partial charge in [0, 0.05) is 5.56 Å². The highest BCUT2D eigenvalue weighted by Crippen LogP contribution is 2.28. The molecule has 2 N–H and O–H groups in total. The van der Waals surface area contributed by atoms with Crippen molar-refractivity contribution in [3.63, 3.8) is 0 Å². The van der Waals surface area contributed by atoms with E-state index in [4.69, 9.17) is 10.5 Å². The van der Waals surface area contributed by atoms with E-state index in [0.717, 1.165) is 4.68 Å². The molecule has 0 saturated carbocycles. The number of aromatic nitrogens is 4. The number of nitrogen functional groups attached to an aromatic ring is 1. The molecule has 108 valence electrons. The van der Waals surface area contributed by atoms with Gasteiger partial charge in [-0.1, -0.05) is 0 Å². The Kier molecular flexibility index (Phi) is 3.77. The van der Waals surface area contributed by atoms with Crippen LogP contribution in [0, 0.1) is 0 Å². The van der Waals surface area contributed by atoms with Crippen LogP contribution in [0.2, 0.25) is 0 Å². The number of benzene rings is 1. The summed E-state index contributed by atoms with van der Waals surface area (Å²) in [5.41, 5.74) is 6.63. The Balaban J connectivity index is 2.27. The highest BCUT2D eigenvalue weighted by molar-refractivity contribution is 5.65. The number of anilines is 1. The normalized spacial score (nSPS) is 11.6. The molecule has 6 nitrogen and oxygen atoms in total. The number of hydrogen-bond acceptors (Lipinski definition) is 5. The topological polar surface area (TPSA) is 78.9 Å². The first-order valence-corrected chi connectivity index (χ1v) is 5.67. The van der Waals surface area contributed by atoms with Crippen molar-refractivity contribution >= 4 is 5.69 Å². The van der Waals surface area contributed by atoms with Crippen LogP contribution in [0.3, 0.4) is 0 Å². The Morgan fingerprint density at radius 3 is 2.75 bits per heavy atom. The first kappa shape index (κ1) is 14.1. The molecule has 0 unspecified atom stereocenters. The van der Waals surface area contributed by atoms with Crippen LogP contribution in [-0.4, -0.2) is 33.5 Å². The van der Waals surface area contributed by atoms with E-state index in [9.17, 15) is 13.2 Å². The van der Waals surface area contributed by atoms with Gasteiger partial charge in [0.1, 0.15) is 5.75 Å². The van der Waals surface area contributed by atoms with E-state index >= 15 is 0 Å². The summed E-state index contributed by atoms with van der Waals surface area (Å²) in [7, 11) is 1.45. The van der Waals surface area contributed by atoms with E-state index in [1.165, 1.54) is 7.11 Å². The zero-order valence-corrected chi connectivity index (χ0v) is 10.6. The van der Waals surface area contributed by atoms with Crippen LogP contribution < -0.4 is 10.5 Å². The lowest BCUT2D eigenvalue weighted by molar-refractivity contribution is -0.137. The molecule has 1 heterocycles. The van der Waals surface area contributed by atoms with E-state index in [-0.39, 0.29) is 12.4 Å². The summed E-state index contributed by atoms with van der Waals surface area (Å²) in [5, 5.41) is 10.7. The van der Waals surface area contributed by atoms with Crippen LogP contribution in [0.15, 0.2) is 18.2 Å². The van der Waals surface area contributed by atoms with Crippen molar-refractivity contribution in [3.8, 4) is 17.1 Å². The third kappa shape index (κ3) is 3.16. The lowest BCUT2D eigenvalue weighted by atomic mass is 10.2. The van der Waals surface area contributed by atoms with Crippen molar-refractivity contribution < 1.29 is 17.9 Å². The predicted octanol–water partition coefficient (Wildman–Crippen LogP) is 1.88. The molecule has 0 spiro atoms. The second-order valence-electron chi connectivity index (χ2n) is 4.05. The van der Waals surface area contributed by atoms with E-state index in [1.54, 1.807) is 18.2 Å². The Bertz CT molecular complexity index is 596. The van der Waals surface area contributed by atoms with Gasteiger partial charge in [-0.15, -0.1) is 5.10 Å². The molecular weight excluding hydrogens is 275 g/mol. The molecule has 1 aromatic heterocycles. The molecular formula is C11H12F3N5O. The minimum Gasteiger partial charge on any atom is -0.495 e. The summed E-state index contributed by atoms with van der Waals surface area (Å²) in [5.74, 6) is 0.639. The second kappa shape index (κ2) is 5.35. The van der Waals surface area contributed by atoms with Gasteiger partial charge in [0.05, 0.1) is 25.8 Å². The third-order valence-corrected chi connectivity index (χ3v) is 2.63. The number of methoxy groups -OCH3 is 1. The zero-order valence-electron chi connectivity index (χ0n) is 10.6. The molecule has 0 aliphatic rings. The molecule has 0 radical (unpaired) electrons. The highest BCUT2D eigenvalue weighted by Gasteiger charge is 2.27. The van der Waals surface area contributed by atoms with Crippen molar-refractivity contribution in [1.29, 1.82) is 0 Å². The maximum absolute atomic E-state index is 12.2. The number of halogens is 3.